The fourth-order valence-corrected chi connectivity index (χ4v) is 4.05. The van der Waals surface area contributed by atoms with Gasteiger partial charge in [0.25, 0.3) is 0 Å². The molecule has 2 heterocycles. The van der Waals surface area contributed by atoms with Crippen LogP contribution in [0.4, 0.5) is 0 Å². The van der Waals surface area contributed by atoms with Gasteiger partial charge in [-0.3, -0.25) is 4.79 Å². The molecule has 124 valence electrons. The van der Waals surface area contributed by atoms with E-state index in [4.69, 9.17) is 4.42 Å². The Bertz CT molecular complexity index is 534. The molecule has 0 aromatic carbocycles. The zero-order chi connectivity index (χ0) is 15.9. The van der Waals surface area contributed by atoms with E-state index in [9.17, 15) is 4.79 Å². The summed E-state index contributed by atoms with van der Waals surface area (Å²) in [6, 6.07) is 5.91. The second kappa shape index (κ2) is 8.34. The SMILES string of the molecule is O=C(CCC1CCCCC1)N(Cc1ccsc1)Cc1ccco1. The highest BCUT2D eigenvalue weighted by molar-refractivity contribution is 7.07. The highest BCUT2D eigenvalue weighted by atomic mass is 32.1. The lowest BCUT2D eigenvalue weighted by atomic mass is 9.86. The Kier molecular flexibility index (Phi) is 5.92. The van der Waals surface area contributed by atoms with Crippen molar-refractivity contribution >= 4 is 17.2 Å². The number of thiophene rings is 1. The van der Waals surface area contributed by atoms with Gasteiger partial charge < -0.3 is 9.32 Å². The molecule has 0 bridgehead atoms. The van der Waals surface area contributed by atoms with Crippen LogP contribution in [0.15, 0.2) is 39.6 Å². The predicted molar refractivity (Wildman–Crippen MR) is 93.1 cm³/mol. The minimum absolute atomic E-state index is 0.248. The van der Waals surface area contributed by atoms with Crippen LogP contribution in [0.5, 0.6) is 0 Å². The van der Waals surface area contributed by atoms with Crippen LogP contribution in [-0.2, 0) is 17.9 Å². The number of rotatable bonds is 7. The fourth-order valence-electron chi connectivity index (χ4n) is 3.39. The Morgan fingerprint density at radius 1 is 1.22 bits per heavy atom. The standard InChI is InChI=1S/C19H25NO2S/c21-19(9-8-16-5-2-1-3-6-16)20(13-17-10-12-23-15-17)14-18-7-4-11-22-18/h4,7,10-12,15-16H,1-3,5-6,8-9,13-14H2. The van der Waals surface area contributed by atoms with Crippen LogP contribution in [0.2, 0.25) is 0 Å². The van der Waals surface area contributed by atoms with Gasteiger partial charge in [0.1, 0.15) is 5.76 Å². The fraction of sp³-hybridized carbons (Fsp3) is 0.526. The van der Waals surface area contributed by atoms with Crippen LogP contribution in [-0.4, -0.2) is 10.8 Å². The van der Waals surface area contributed by atoms with E-state index in [1.165, 1.54) is 37.7 Å². The van der Waals surface area contributed by atoms with Gasteiger partial charge in [-0.15, -0.1) is 0 Å². The van der Waals surface area contributed by atoms with E-state index < -0.39 is 0 Å². The molecule has 1 amide bonds. The lowest BCUT2D eigenvalue weighted by Crippen LogP contribution is -2.30. The number of carbonyl (C=O) groups excluding carboxylic acids is 1. The molecule has 0 saturated heterocycles. The third kappa shape index (κ3) is 4.96. The molecule has 0 radical (unpaired) electrons. The van der Waals surface area contributed by atoms with Crippen LogP contribution in [0.1, 0.15) is 56.3 Å². The number of amides is 1. The molecule has 1 saturated carbocycles. The van der Waals surface area contributed by atoms with Crippen LogP contribution < -0.4 is 0 Å². The van der Waals surface area contributed by atoms with Crippen molar-refractivity contribution < 1.29 is 9.21 Å². The van der Waals surface area contributed by atoms with E-state index in [-0.39, 0.29) is 5.91 Å². The second-order valence-corrected chi connectivity index (χ2v) is 7.28. The first kappa shape index (κ1) is 16.3. The Morgan fingerprint density at radius 2 is 2.09 bits per heavy atom. The van der Waals surface area contributed by atoms with Crippen molar-refractivity contribution in [2.75, 3.05) is 0 Å². The summed E-state index contributed by atoms with van der Waals surface area (Å²) in [5, 5.41) is 4.18. The quantitative estimate of drug-likeness (QED) is 0.696. The maximum atomic E-state index is 12.7. The molecule has 2 aromatic rings. The summed E-state index contributed by atoms with van der Waals surface area (Å²) in [5.74, 6) is 1.85. The molecule has 1 aliphatic rings. The van der Waals surface area contributed by atoms with Gasteiger partial charge in [-0.25, -0.2) is 0 Å². The monoisotopic (exact) mass is 331 g/mol. The molecular formula is C19H25NO2S. The van der Waals surface area contributed by atoms with Crippen LogP contribution >= 0.6 is 11.3 Å². The van der Waals surface area contributed by atoms with E-state index in [1.54, 1.807) is 17.6 Å². The summed E-state index contributed by atoms with van der Waals surface area (Å²) in [4.78, 5) is 14.7. The Balaban J connectivity index is 1.57. The maximum Gasteiger partial charge on any atom is 0.223 e. The van der Waals surface area contributed by atoms with Gasteiger partial charge in [-0.1, -0.05) is 32.1 Å². The number of furan rings is 1. The van der Waals surface area contributed by atoms with Gasteiger partial charge in [0.2, 0.25) is 5.91 Å². The highest BCUT2D eigenvalue weighted by Crippen LogP contribution is 2.27. The molecule has 0 spiro atoms. The third-order valence-corrected chi connectivity index (χ3v) is 5.46. The molecule has 4 heteroatoms. The van der Waals surface area contributed by atoms with Gasteiger partial charge in [0.05, 0.1) is 12.8 Å². The van der Waals surface area contributed by atoms with E-state index in [0.717, 1.165) is 18.1 Å². The van der Waals surface area contributed by atoms with Crippen molar-refractivity contribution in [2.24, 2.45) is 5.92 Å². The first-order valence-corrected chi connectivity index (χ1v) is 9.57. The summed E-state index contributed by atoms with van der Waals surface area (Å²) >= 11 is 1.68. The van der Waals surface area contributed by atoms with Gasteiger partial charge >= 0.3 is 0 Å². The first-order valence-electron chi connectivity index (χ1n) is 8.62. The van der Waals surface area contributed by atoms with Gasteiger partial charge in [-0.05, 0) is 46.9 Å². The third-order valence-electron chi connectivity index (χ3n) is 4.72. The topological polar surface area (TPSA) is 33.5 Å². The molecule has 23 heavy (non-hydrogen) atoms. The Labute approximate surface area is 142 Å². The number of nitrogens with zero attached hydrogens (tertiary/aromatic N) is 1. The van der Waals surface area contributed by atoms with Crippen molar-refractivity contribution in [1.82, 2.24) is 4.90 Å². The largest absolute Gasteiger partial charge is 0.467 e. The Morgan fingerprint density at radius 3 is 2.78 bits per heavy atom. The van der Waals surface area contributed by atoms with Crippen molar-refractivity contribution in [3.05, 3.63) is 46.5 Å². The zero-order valence-electron chi connectivity index (χ0n) is 13.6. The lowest BCUT2D eigenvalue weighted by Gasteiger charge is -2.24. The van der Waals surface area contributed by atoms with E-state index in [1.807, 2.05) is 17.0 Å². The van der Waals surface area contributed by atoms with Crippen molar-refractivity contribution in [3.8, 4) is 0 Å². The second-order valence-electron chi connectivity index (χ2n) is 6.50. The molecule has 3 rings (SSSR count). The van der Waals surface area contributed by atoms with Crippen molar-refractivity contribution in [2.45, 2.75) is 58.0 Å². The summed E-state index contributed by atoms with van der Waals surface area (Å²) < 4.78 is 5.44. The molecule has 1 aliphatic carbocycles. The molecule has 3 nitrogen and oxygen atoms in total. The molecule has 0 N–H and O–H groups in total. The molecule has 1 fully saturated rings. The average molecular weight is 331 g/mol. The number of carbonyl (C=O) groups is 1. The first-order chi connectivity index (χ1) is 11.3. The van der Waals surface area contributed by atoms with E-state index in [0.29, 0.717) is 19.5 Å². The average Bonchev–Trinajstić information content (AvgIpc) is 3.27. The minimum Gasteiger partial charge on any atom is -0.467 e. The maximum absolute atomic E-state index is 12.7. The van der Waals surface area contributed by atoms with Crippen molar-refractivity contribution in [3.63, 3.8) is 0 Å². The van der Waals surface area contributed by atoms with Crippen LogP contribution in [0.25, 0.3) is 0 Å². The van der Waals surface area contributed by atoms with E-state index >= 15 is 0 Å². The highest BCUT2D eigenvalue weighted by Gasteiger charge is 2.19. The Hall–Kier alpha value is -1.55. The summed E-state index contributed by atoms with van der Waals surface area (Å²) in [5.41, 5.74) is 1.20. The minimum atomic E-state index is 0.248. The van der Waals surface area contributed by atoms with Crippen LogP contribution in [0.3, 0.4) is 0 Å². The molecule has 0 atom stereocenters. The molecule has 0 aliphatic heterocycles. The smallest absolute Gasteiger partial charge is 0.223 e. The van der Waals surface area contributed by atoms with E-state index in [2.05, 4.69) is 16.8 Å². The number of hydrogen-bond acceptors (Lipinski definition) is 3. The normalized spacial score (nSPS) is 15.7. The molecular weight excluding hydrogens is 306 g/mol. The molecule has 2 aromatic heterocycles. The summed E-state index contributed by atoms with van der Waals surface area (Å²) in [6.45, 7) is 1.24. The molecule has 0 unspecified atom stereocenters. The van der Waals surface area contributed by atoms with Crippen molar-refractivity contribution in [1.29, 1.82) is 0 Å². The van der Waals surface area contributed by atoms with Gasteiger partial charge in [-0.2, -0.15) is 11.3 Å². The van der Waals surface area contributed by atoms with Gasteiger partial charge in [0, 0.05) is 13.0 Å². The summed E-state index contributed by atoms with van der Waals surface area (Å²) in [6.07, 6.45) is 10.0. The lowest BCUT2D eigenvalue weighted by molar-refractivity contribution is -0.133. The zero-order valence-corrected chi connectivity index (χ0v) is 14.4. The summed E-state index contributed by atoms with van der Waals surface area (Å²) in [7, 11) is 0. The van der Waals surface area contributed by atoms with Crippen LogP contribution in [0, 0.1) is 5.92 Å². The predicted octanol–water partition coefficient (Wildman–Crippen LogP) is 5.23. The number of hydrogen-bond donors (Lipinski definition) is 0. The van der Waals surface area contributed by atoms with Gasteiger partial charge in [0.15, 0.2) is 0 Å².